The quantitative estimate of drug-likeness (QED) is 0.653. The molecule has 2 aromatic rings. The molecule has 6 nitrogen and oxygen atoms in total. The van der Waals surface area contributed by atoms with Crippen LogP contribution in [0.2, 0.25) is 0 Å². The number of hydrogen-bond acceptors (Lipinski definition) is 5. The average molecular weight is 434 g/mol. The Labute approximate surface area is 177 Å². The average Bonchev–Trinajstić information content (AvgIpc) is 2.92. The van der Waals surface area contributed by atoms with Crippen molar-refractivity contribution in [2.75, 3.05) is 19.0 Å². The molecule has 1 aliphatic rings. The third kappa shape index (κ3) is 5.17. The molecule has 1 N–H and O–H groups in total. The topological polar surface area (TPSA) is 67.9 Å². The third-order valence-electron chi connectivity index (χ3n) is 4.45. The molecule has 164 valence electrons. The van der Waals surface area contributed by atoms with E-state index in [1.165, 1.54) is 19.2 Å². The summed E-state index contributed by atoms with van der Waals surface area (Å²) in [6, 6.07) is 11.6. The second-order valence-electron chi connectivity index (χ2n) is 7.29. The number of methoxy groups -OCH3 is 1. The Hall–Kier alpha value is -3.49. The van der Waals surface area contributed by atoms with E-state index in [0.717, 1.165) is 17.0 Å². The summed E-state index contributed by atoms with van der Waals surface area (Å²) in [5.41, 5.74) is 1.09. The maximum Gasteiger partial charge on any atom is 0.573 e. The highest BCUT2D eigenvalue weighted by Crippen LogP contribution is 2.32. The van der Waals surface area contributed by atoms with Gasteiger partial charge in [-0.25, -0.2) is 0 Å². The Morgan fingerprint density at radius 3 is 2.03 bits per heavy atom. The molecule has 1 heterocycles. The third-order valence-corrected chi connectivity index (χ3v) is 4.45. The van der Waals surface area contributed by atoms with Crippen LogP contribution in [0.3, 0.4) is 0 Å². The number of nitrogens with one attached hydrogen (secondary N) is 1. The van der Waals surface area contributed by atoms with Crippen molar-refractivity contribution in [1.29, 1.82) is 0 Å². The first-order valence-electron chi connectivity index (χ1n) is 9.46. The summed E-state index contributed by atoms with van der Waals surface area (Å²) >= 11 is 0. The molecule has 9 heteroatoms. The number of halogens is 3. The molecule has 0 atom stereocenters. The van der Waals surface area contributed by atoms with Crippen molar-refractivity contribution in [2.24, 2.45) is 5.92 Å². The van der Waals surface area contributed by atoms with Gasteiger partial charge in [-0.1, -0.05) is 26.0 Å². The molecule has 0 spiro atoms. The number of amides is 2. The van der Waals surface area contributed by atoms with E-state index in [1.54, 1.807) is 24.3 Å². The number of hydrogen-bond donors (Lipinski definition) is 1. The highest BCUT2D eigenvalue weighted by molar-refractivity contribution is 6.36. The van der Waals surface area contributed by atoms with E-state index in [1.807, 2.05) is 13.8 Å². The monoisotopic (exact) mass is 434 g/mol. The van der Waals surface area contributed by atoms with Gasteiger partial charge < -0.3 is 14.8 Å². The van der Waals surface area contributed by atoms with Crippen LogP contribution in [0.5, 0.6) is 11.5 Å². The molecule has 0 radical (unpaired) electrons. The maximum absolute atomic E-state index is 13.0. The van der Waals surface area contributed by atoms with Crippen LogP contribution in [0.4, 0.5) is 18.9 Å². The highest BCUT2D eigenvalue weighted by Gasteiger charge is 2.39. The van der Waals surface area contributed by atoms with Gasteiger partial charge in [-0.15, -0.1) is 13.2 Å². The van der Waals surface area contributed by atoms with Crippen LogP contribution in [0.1, 0.15) is 19.4 Å². The van der Waals surface area contributed by atoms with E-state index >= 15 is 0 Å². The van der Waals surface area contributed by atoms with Crippen LogP contribution in [0, 0.1) is 5.92 Å². The normalized spacial score (nSPS) is 14.5. The summed E-state index contributed by atoms with van der Waals surface area (Å²) in [6.45, 7) is 4.01. The molecule has 0 saturated heterocycles. The number of carbonyl (C=O) groups excluding carboxylic acids is 2. The Bertz CT molecular complexity index is 997. The fourth-order valence-corrected chi connectivity index (χ4v) is 3.13. The first-order valence-corrected chi connectivity index (χ1v) is 9.46. The molecule has 2 aromatic carbocycles. The van der Waals surface area contributed by atoms with Gasteiger partial charge in [0.15, 0.2) is 0 Å². The number of nitrogens with zero attached hydrogens (tertiary/aromatic N) is 1. The van der Waals surface area contributed by atoms with Gasteiger partial charge in [0.25, 0.3) is 11.8 Å². The lowest BCUT2D eigenvalue weighted by molar-refractivity contribution is -0.274. The minimum atomic E-state index is -4.80. The molecular formula is C22H21F3N2O4. The molecule has 0 unspecified atom stereocenters. The molecule has 0 aliphatic carbocycles. The fraction of sp³-hybridized carbons (Fsp3) is 0.273. The summed E-state index contributed by atoms with van der Waals surface area (Å²) < 4.78 is 46.1. The summed E-state index contributed by atoms with van der Waals surface area (Å²) in [5, 5.41) is 2.89. The Morgan fingerprint density at radius 1 is 0.935 bits per heavy atom. The lowest BCUT2D eigenvalue weighted by Gasteiger charge is -2.17. The molecule has 3 rings (SSSR count). The van der Waals surface area contributed by atoms with E-state index < -0.39 is 23.9 Å². The van der Waals surface area contributed by atoms with Gasteiger partial charge in [0, 0.05) is 12.2 Å². The van der Waals surface area contributed by atoms with Gasteiger partial charge >= 0.3 is 6.36 Å². The summed E-state index contributed by atoms with van der Waals surface area (Å²) in [4.78, 5) is 27.2. The maximum atomic E-state index is 13.0. The number of benzene rings is 2. The molecule has 0 saturated carbocycles. The van der Waals surface area contributed by atoms with Crippen molar-refractivity contribution in [1.82, 2.24) is 4.90 Å². The molecule has 0 fully saturated rings. The zero-order valence-electron chi connectivity index (χ0n) is 17.1. The van der Waals surface area contributed by atoms with Gasteiger partial charge in [-0.2, -0.15) is 0 Å². The number of carbonyl (C=O) groups is 2. The van der Waals surface area contributed by atoms with E-state index in [4.69, 9.17) is 4.74 Å². The SMILES string of the molecule is COc1ccc(C2=C(Nc3ccc(OC(F)(F)F)cc3)C(=O)N(CC(C)C)C2=O)cc1. The van der Waals surface area contributed by atoms with Crippen molar-refractivity contribution in [3.63, 3.8) is 0 Å². The Kier molecular flexibility index (Phi) is 6.24. The smallest absolute Gasteiger partial charge is 0.497 e. The van der Waals surface area contributed by atoms with Gasteiger partial charge in [-0.05, 0) is 47.9 Å². The minimum Gasteiger partial charge on any atom is -0.497 e. The summed E-state index contributed by atoms with van der Waals surface area (Å²) in [6.07, 6.45) is -4.80. The van der Waals surface area contributed by atoms with Crippen LogP contribution in [-0.4, -0.2) is 36.7 Å². The molecule has 0 bridgehead atoms. The first kappa shape index (κ1) is 22.2. The molecule has 1 aliphatic heterocycles. The summed E-state index contributed by atoms with van der Waals surface area (Å²) in [5.74, 6) is -0.681. The fourth-order valence-electron chi connectivity index (χ4n) is 3.13. The van der Waals surface area contributed by atoms with Crippen molar-refractivity contribution >= 4 is 23.1 Å². The predicted molar refractivity (Wildman–Crippen MR) is 108 cm³/mol. The Morgan fingerprint density at radius 2 is 1.52 bits per heavy atom. The van der Waals surface area contributed by atoms with E-state index in [9.17, 15) is 22.8 Å². The first-order chi connectivity index (χ1) is 14.6. The molecule has 0 aromatic heterocycles. The van der Waals surface area contributed by atoms with E-state index in [2.05, 4.69) is 10.1 Å². The van der Waals surface area contributed by atoms with Crippen LogP contribution in [0.15, 0.2) is 54.2 Å². The minimum absolute atomic E-state index is 0.0558. The molecular weight excluding hydrogens is 413 g/mol. The van der Waals surface area contributed by atoms with Crippen LogP contribution in [-0.2, 0) is 9.59 Å². The largest absolute Gasteiger partial charge is 0.573 e. The van der Waals surface area contributed by atoms with Gasteiger partial charge in [0.05, 0.1) is 12.7 Å². The number of anilines is 1. The van der Waals surface area contributed by atoms with Gasteiger partial charge in [0.1, 0.15) is 17.2 Å². The van der Waals surface area contributed by atoms with Gasteiger partial charge in [0.2, 0.25) is 0 Å². The zero-order chi connectivity index (χ0) is 22.8. The number of imide groups is 1. The second-order valence-corrected chi connectivity index (χ2v) is 7.29. The lowest BCUT2D eigenvalue weighted by atomic mass is 10.0. The Balaban J connectivity index is 1.96. The van der Waals surface area contributed by atoms with E-state index in [-0.39, 0.29) is 23.7 Å². The lowest BCUT2D eigenvalue weighted by Crippen LogP contribution is -2.35. The highest BCUT2D eigenvalue weighted by atomic mass is 19.4. The van der Waals surface area contributed by atoms with Crippen LogP contribution < -0.4 is 14.8 Å². The molecule has 2 amide bonds. The number of ether oxygens (including phenoxy) is 2. The van der Waals surface area contributed by atoms with Crippen molar-refractivity contribution in [3.8, 4) is 11.5 Å². The van der Waals surface area contributed by atoms with Crippen molar-refractivity contribution < 1.29 is 32.2 Å². The predicted octanol–water partition coefficient (Wildman–Crippen LogP) is 4.44. The molecule has 31 heavy (non-hydrogen) atoms. The van der Waals surface area contributed by atoms with Crippen molar-refractivity contribution in [2.45, 2.75) is 20.2 Å². The zero-order valence-corrected chi connectivity index (χ0v) is 17.1. The van der Waals surface area contributed by atoms with Crippen molar-refractivity contribution in [3.05, 3.63) is 59.8 Å². The summed E-state index contributed by atoms with van der Waals surface area (Å²) in [7, 11) is 1.52. The van der Waals surface area contributed by atoms with Crippen LogP contribution in [0.25, 0.3) is 5.57 Å². The number of rotatable bonds is 7. The number of alkyl halides is 3. The van der Waals surface area contributed by atoms with Crippen LogP contribution >= 0.6 is 0 Å². The standard InChI is InChI=1S/C22H21F3N2O4/c1-13(2)12-27-20(28)18(14-4-8-16(30-3)9-5-14)19(21(27)29)26-15-6-10-17(11-7-15)31-22(23,24)25/h4-11,13,26H,12H2,1-3H3. The van der Waals surface area contributed by atoms with Gasteiger partial charge in [-0.3, -0.25) is 14.5 Å². The second kappa shape index (κ2) is 8.71. The van der Waals surface area contributed by atoms with E-state index in [0.29, 0.717) is 17.0 Å².